The fourth-order valence-corrected chi connectivity index (χ4v) is 1.44. The van der Waals surface area contributed by atoms with Crippen molar-refractivity contribution in [3.63, 3.8) is 0 Å². The van der Waals surface area contributed by atoms with Crippen LogP contribution >= 0.6 is 0 Å². The van der Waals surface area contributed by atoms with Crippen molar-refractivity contribution in [2.24, 2.45) is 0 Å². The molecule has 1 aromatic heterocycles. The number of aromatic nitrogens is 2. The van der Waals surface area contributed by atoms with Gasteiger partial charge < -0.3 is 10.6 Å². The Morgan fingerprint density at radius 3 is 3.06 bits per heavy atom. The number of anilines is 1. The first kappa shape index (κ1) is 10.8. The van der Waals surface area contributed by atoms with E-state index in [1.165, 1.54) is 19.0 Å². The van der Waals surface area contributed by atoms with Gasteiger partial charge in [0.25, 0.3) is 0 Å². The second-order valence-electron chi connectivity index (χ2n) is 3.91. The van der Waals surface area contributed by atoms with E-state index in [9.17, 15) is 0 Å². The molecule has 0 atom stereocenters. The minimum Gasteiger partial charge on any atom is -0.367 e. The van der Waals surface area contributed by atoms with Crippen molar-refractivity contribution in [1.82, 2.24) is 15.5 Å². The van der Waals surface area contributed by atoms with Gasteiger partial charge in [0.2, 0.25) is 0 Å². The molecule has 84 valence electrons. The number of nitriles is 1. The summed E-state index contributed by atoms with van der Waals surface area (Å²) < 4.78 is 0. The van der Waals surface area contributed by atoms with E-state index in [1.807, 2.05) is 0 Å². The molecule has 0 bridgehead atoms. The molecule has 0 radical (unpaired) electrons. The molecule has 1 heterocycles. The third-order valence-corrected chi connectivity index (χ3v) is 2.50. The molecule has 1 saturated carbocycles. The van der Waals surface area contributed by atoms with Crippen molar-refractivity contribution in [1.29, 1.82) is 5.26 Å². The summed E-state index contributed by atoms with van der Waals surface area (Å²) in [4.78, 5) is 0. The highest BCUT2D eigenvalue weighted by atomic mass is 15.2. The molecule has 5 heteroatoms. The van der Waals surface area contributed by atoms with Crippen LogP contribution in [0.15, 0.2) is 12.3 Å². The van der Waals surface area contributed by atoms with Crippen molar-refractivity contribution < 1.29 is 0 Å². The van der Waals surface area contributed by atoms with Gasteiger partial charge in [-0.2, -0.15) is 10.4 Å². The van der Waals surface area contributed by atoms with E-state index in [2.05, 4.69) is 26.9 Å². The van der Waals surface area contributed by atoms with Crippen LogP contribution in [0.4, 0.5) is 5.82 Å². The Balaban J connectivity index is 1.69. The summed E-state index contributed by atoms with van der Waals surface area (Å²) in [5, 5.41) is 23.0. The Morgan fingerprint density at radius 2 is 2.31 bits per heavy atom. The molecular weight excluding hydrogens is 202 g/mol. The zero-order valence-electron chi connectivity index (χ0n) is 9.11. The van der Waals surface area contributed by atoms with Crippen LogP contribution in [-0.2, 0) is 0 Å². The van der Waals surface area contributed by atoms with Crippen molar-refractivity contribution in [2.75, 3.05) is 18.4 Å². The molecule has 2 rings (SSSR count). The first-order chi connectivity index (χ1) is 7.90. The smallest absolute Gasteiger partial charge is 0.166 e. The Bertz CT molecular complexity index is 380. The average Bonchev–Trinajstić information content (AvgIpc) is 3.13. The Hall–Kier alpha value is -1.67. The molecule has 0 saturated heterocycles. The Kier molecular flexibility index (Phi) is 3.67. The second-order valence-corrected chi connectivity index (χ2v) is 3.91. The van der Waals surface area contributed by atoms with Gasteiger partial charge in [0.05, 0.1) is 11.8 Å². The van der Waals surface area contributed by atoms with Crippen molar-refractivity contribution in [3.05, 3.63) is 17.8 Å². The molecule has 16 heavy (non-hydrogen) atoms. The summed E-state index contributed by atoms with van der Waals surface area (Å²) in [7, 11) is 0. The van der Waals surface area contributed by atoms with Gasteiger partial charge in [-0.1, -0.05) is 0 Å². The molecule has 0 amide bonds. The normalized spacial score (nSPS) is 14.4. The lowest BCUT2D eigenvalue weighted by Gasteiger charge is -2.06. The lowest BCUT2D eigenvalue weighted by molar-refractivity contribution is 0.658. The minimum absolute atomic E-state index is 0.546. The Morgan fingerprint density at radius 1 is 1.44 bits per heavy atom. The molecule has 2 N–H and O–H groups in total. The monoisotopic (exact) mass is 217 g/mol. The molecular formula is C11H15N5. The van der Waals surface area contributed by atoms with Gasteiger partial charge in [0, 0.05) is 12.6 Å². The molecule has 1 fully saturated rings. The van der Waals surface area contributed by atoms with Crippen LogP contribution in [0, 0.1) is 11.3 Å². The average molecular weight is 217 g/mol. The van der Waals surface area contributed by atoms with Crippen molar-refractivity contribution >= 4 is 5.82 Å². The third kappa shape index (κ3) is 3.17. The predicted molar refractivity (Wildman–Crippen MR) is 60.9 cm³/mol. The standard InChI is InChI=1S/C11H15N5/c12-8-9-4-7-15-16-11(9)14-6-1-5-13-10-2-3-10/h4,7,10,13H,1-3,5-6H2,(H,14,16). The van der Waals surface area contributed by atoms with E-state index in [0.29, 0.717) is 11.4 Å². The van der Waals surface area contributed by atoms with Gasteiger partial charge >= 0.3 is 0 Å². The largest absolute Gasteiger partial charge is 0.367 e. The fraction of sp³-hybridized carbons (Fsp3) is 0.545. The molecule has 1 aliphatic rings. The van der Waals surface area contributed by atoms with Crippen LogP contribution in [0.25, 0.3) is 0 Å². The van der Waals surface area contributed by atoms with Gasteiger partial charge in [-0.15, -0.1) is 5.10 Å². The Labute approximate surface area is 94.9 Å². The highest BCUT2D eigenvalue weighted by Gasteiger charge is 2.19. The number of hydrogen-bond donors (Lipinski definition) is 2. The van der Waals surface area contributed by atoms with E-state index in [1.54, 1.807) is 6.07 Å². The van der Waals surface area contributed by atoms with E-state index >= 15 is 0 Å². The van der Waals surface area contributed by atoms with Crippen molar-refractivity contribution in [2.45, 2.75) is 25.3 Å². The lowest BCUT2D eigenvalue weighted by Crippen LogP contribution is -2.20. The molecule has 5 nitrogen and oxygen atoms in total. The van der Waals surface area contributed by atoms with E-state index in [0.717, 1.165) is 25.6 Å². The number of nitrogens with one attached hydrogen (secondary N) is 2. The van der Waals surface area contributed by atoms with Crippen molar-refractivity contribution in [3.8, 4) is 6.07 Å². The maximum atomic E-state index is 8.83. The third-order valence-electron chi connectivity index (χ3n) is 2.50. The zero-order chi connectivity index (χ0) is 11.2. The maximum Gasteiger partial charge on any atom is 0.166 e. The first-order valence-electron chi connectivity index (χ1n) is 5.59. The summed E-state index contributed by atoms with van der Waals surface area (Å²) in [6.45, 7) is 1.83. The predicted octanol–water partition coefficient (Wildman–Crippen LogP) is 0.902. The highest BCUT2D eigenvalue weighted by molar-refractivity contribution is 5.49. The van der Waals surface area contributed by atoms with E-state index in [4.69, 9.17) is 5.26 Å². The first-order valence-corrected chi connectivity index (χ1v) is 5.59. The SMILES string of the molecule is N#Cc1ccnnc1NCCCNC1CC1. The summed E-state index contributed by atoms with van der Waals surface area (Å²) in [5.74, 6) is 0.580. The van der Waals surface area contributed by atoms with Crippen LogP contribution in [0.2, 0.25) is 0 Å². The summed E-state index contributed by atoms with van der Waals surface area (Å²) in [5.41, 5.74) is 0.546. The molecule has 0 spiro atoms. The molecule has 0 unspecified atom stereocenters. The maximum absolute atomic E-state index is 8.83. The van der Waals surface area contributed by atoms with Gasteiger partial charge in [0.15, 0.2) is 5.82 Å². The van der Waals surface area contributed by atoms with Gasteiger partial charge in [-0.05, 0) is 31.9 Å². The topological polar surface area (TPSA) is 73.6 Å². The van der Waals surface area contributed by atoms with Crippen LogP contribution in [0.3, 0.4) is 0 Å². The van der Waals surface area contributed by atoms with Gasteiger partial charge in [-0.3, -0.25) is 0 Å². The molecule has 1 aliphatic carbocycles. The molecule has 1 aromatic rings. The summed E-state index contributed by atoms with van der Waals surface area (Å²) >= 11 is 0. The fourth-order valence-electron chi connectivity index (χ4n) is 1.44. The van der Waals surface area contributed by atoms with Crippen LogP contribution in [0.1, 0.15) is 24.8 Å². The number of hydrogen-bond acceptors (Lipinski definition) is 5. The van der Waals surface area contributed by atoms with Gasteiger partial charge in [0.1, 0.15) is 6.07 Å². The van der Waals surface area contributed by atoms with Crippen LogP contribution in [0.5, 0.6) is 0 Å². The van der Waals surface area contributed by atoms with E-state index in [-0.39, 0.29) is 0 Å². The zero-order valence-corrected chi connectivity index (χ0v) is 9.11. The minimum atomic E-state index is 0.546. The van der Waals surface area contributed by atoms with Crippen LogP contribution in [-0.4, -0.2) is 29.3 Å². The molecule has 0 aromatic carbocycles. The number of nitrogens with zero attached hydrogens (tertiary/aromatic N) is 3. The van der Waals surface area contributed by atoms with E-state index < -0.39 is 0 Å². The quantitative estimate of drug-likeness (QED) is 0.693. The van der Waals surface area contributed by atoms with Gasteiger partial charge in [-0.25, -0.2) is 0 Å². The lowest BCUT2D eigenvalue weighted by atomic mass is 10.3. The van der Waals surface area contributed by atoms with Crippen LogP contribution < -0.4 is 10.6 Å². The summed E-state index contributed by atoms with van der Waals surface area (Å²) in [6.07, 6.45) is 5.18. The second kappa shape index (κ2) is 5.42. The highest BCUT2D eigenvalue weighted by Crippen LogP contribution is 2.18. The number of rotatable bonds is 6. The summed E-state index contributed by atoms with van der Waals surface area (Å²) in [6, 6.07) is 4.50. The molecule has 0 aliphatic heterocycles.